The Labute approximate surface area is 140 Å². The van der Waals surface area contributed by atoms with E-state index in [0.29, 0.717) is 12.2 Å². The summed E-state index contributed by atoms with van der Waals surface area (Å²) in [5, 5.41) is 6.64. The molecule has 23 heavy (non-hydrogen) atoms. The van der Waals surface area contributed by atoms with Crippen molar-refractivity contribution < 1.29 is 14.2 Å². The average Bonchev–Trinajstić information content (AvgIpc) is 3.26. The fourth-order valence-corrected chi connectivity index (χ4v) is 2.98. The molecule has 1 aliphatic heterocycles. The van der Waals surface area contributed by atoms with Crippen LogP contribution in [0.2, 0.25) is 0 Å². The van der Waals surface area contributed by atoms with E-state index in [4.69, 9.17) is 14.2 Å². The number of nitrogens with zero attached hydrogens (tertiary/aromatic N) is 1. The molecule has 0 aromatic carbocycles. The van der Waals surface area contributed by atoms with E-state index < -0.39 is 0 Å². The summed E-state index contributed by atoms with van der Waals surface area (Å²) in [6.45, 7) is 4.96. The van der Waals surface area contributed by atoms with E-state index in [-0.39, 0.29) is 0 Å². The fourth-order valence-electron chi connectivity index (χ4n) is 2.98. The van der Waals surface area contributed by atoms with Crippen molar-refractivity contribution in [2.24, 2.45) is 4.99 Å². The fraction of sp³-hybridized carbons (Fsp3) is 0.941. The van der Waals surface area contributed by atoms with Crippen LogP contribution in [0.3, 0.4) is 0 Å². The van der Waals surface area contributed by atoms with Crippen LogP contribution >= 0.6 is 0 Å². The molecule has 0 aromatic rings. The van der Waals surface area contributed by atoms with E-state index in [1.54, 1.807) is 7.05 Å². The van der Waals surface area contributed by atoms with Crippen LogP contribution in [0, 0.1) is 0 Å². The van der Waals surface area contributed by atoms with E-state index in [1.165, 1.54) is 25.7 Å². The van der Waals surface area contributed by atoms with Crippen LogP contribution in [-0.2, 0) is 14.2 Å². The summed E-state index contributed by atoms with van der Waals surface area (Å²) in [7, 11) is 1.80. The van der Waals surface area contributed by atoms with Gasteiger partial charge in [-0.05, 0) is 32.1 Å². The van der Waals surface area contributed by atoms with Gasteiger partial charge in [0, 0.05) is 40.0 Å². The normalized spacial score (nSPS) is 22.7. The molecule has 2 aliphatic rings. The maximum absolute atomic E-state index is 5.85. The quantitative estimate of drug-likeness (QED) is 0.363. The van der Waals surface area contributed by atoms with Crippen LogP contribution in [-0.4, -0.2) is 64.7 Å². The van der Waals surface area contributed by atoms with Gasteiger partial charge in [0.25, 0.3) is 0 Å². The van der Waals surface area contributed by atoms with E-state index in [9.17, 15) is 0 Å². The number of guanidine groups is 1. The van der Waals surface area contributed by atoms with Gasteiger partial charge in [0.15, 0.2) is 5.96 Å². The molecule has 2 rings (SSSR count). The zero-order valence-electron chi connectivity index (χ0n) is 14.5. The van der Waals surface area contributed by atoms with Crippen LogP contribution < -0.4 is 10.6 Å². The SMILES string of the molecule is CN=C(NCCCOC1CCCC1)NCCCOC1CCOC1. The topological polar surface area (TPSA) is 64.1 Å². The summed E-state index contributed by atoms with van der Waals surface area (Å²) in [6, 6.07) is 0. The smallest absolute Gasteiger partial charge is 0.190 e. The molecule has 134 valence electrons. The van der Waals surface area contributed by atoms with Crippen molar-refractivity contribution in [2.45, 2.75) is 57.2 Å². The Kier molecular flexibility index (Phi) is 9.36. The van der Waals surface area contributed by atoms with Gasteiger partial charge in [-0.1, -0.05) is 12.8 Å². The lowest BCUT2D eigenvalue weighted by molar-refractivity contribution is 0.0420. The molecule has 0 spiro atoms. The third-order valence-corrected chi connectivity index (χ3v) is 4.35. The second-order valence-electron chi connectivity index (χ2n) is 6.27. The van der Waals surface area contributed by atoms with Gasteiger partial charge in [-0.2, -0.15) is 0 Å². The Hall–Kier alpha value is -0.850. The van der Waals surface area contributed by atoms with E-state index in [2.05, 4.69) is 15.6 Å². The van der Waals surface area contributed by atoms with Gasteiger partial charge in [-0.25, -0.2) is 0 Å². The molecule has 6 heteroatoms. The van der Waals surface area contributed by atoms with Gasteiger partial charge in [0.2, 0.25) is 0 Å². The van der Waals surface area contributed by atoms with Crippen molar-refractivity contribution >= 4 is 5.96 Å². The van der Waals surface area contributed by atoms with Crippen LogP contribution in [0.25, 0.3) is 0 Å². The summed E-state index contributed by atoms with van der Waals surface area (Å²) in [5.74, 6) is 0.857. The van der Waals surface area contributed by atoms with Crippen molar-refractivity contribution in [1.29, 1.82) is 0 Å². The molecule has 2 fully saturated rings. The third kappa shape index (κ3) is 7.99. The molecule has 2 N–H and O–H groups in total. The first kappa shape index (κ1) is 18.5. The molecule has 1 saturated heterocycles. The number of ether oxygens (including phenoxy) is 3. The minimum Gasteiger partial charge on any atom is -0.379 e. The molecule has 1 unspecified atom stereocenters. The number of rotatable bonds is 10. The number of nitrogens with one attached hydrogen (secondary N) is 2. The van der Waals surface area contributed by atoms with Crippen LogP contribution in [0.1, 0.15) is 44.9 Å². The highest BCUT2D eigenvalue weighted by atomic mass is 16.5. The predicted octanol–water partition coefficient (Wildman–Crippen LogP) is 1.70. The molecule has 0 amide bonds. The zero-order valence-corrected chi connectivity index (χ0v) is 14.5. The molecule has 1 saturated carbocycles. The first-order valence-corrected chi connectivity index (χ1v) is 9.14. The number of hydrogen-bond donors (Lipinski definition) is 2. The van der Waals surface area contributed by atoms with E-state index in [1.807, 2.05) is 0 Å². The number of hydrogen-bond acceptors (Lipinski definition) is 4. The van der Waals surface area contributed by atoms with E-state index >= 15 is 0 Å². The monoisotopic (exact) mass is 327 g/mol. The molecule has 0 radical (unpaired) electrons. The molecule has 6 nitrogen and oxygen atoms in total. The first-order chi connectivity index (χ1) is 11.4. The predicted molar refractivity (Wildman–Crippen MR) is 92.0 cm³/mol. The zero-order chi connectivity index (χ0) is 16.2. The maximum Gasteiger partial charge on any atom is 0.190 e. The van der Waals surface area contributed by atoms with Gasteiger partial charge >= 0.3 is 0 Å². The third-order valence-electron chi connectivity index (χ3n) is 4.35. The molecule has 0 bridgehead atoms. The van der Waals surface area contributed by atoms with Gasteiger partial charge < -0.3 is 24.8 Å². The molecule has 1 aliphatic carbocycles. The van der Waals surface area contributed by atoms with Crippen LogP contribution in [0.5, 0.6) is 0 Å². The molecule has 1 atom stereocenters. The van der Waals surface area contributed by atoms with E-state index in [0.717, 1.165) is 64.7 Å². The van der Waals surface area contributed by atoms with Gasteiger partial charge in [-0.15, -0.1) is 0 Å². The molecule has 0 aromatic heterocycles. The van der Waals surface area contributed by atoms with Crippen molar-refractivity contribution in [3.05, 3.63) is 0 Å². The second kappa shape index (κ2) is 11.6. The maximum atomic E-state index is 5.85. The Bertz CT molecular complexity index is 299. The molecule has 1 heterocycles. The highest BCUT2D eigenvalue weighted by Gasteiger charge is 2.15. The molecular weight excluding hydrogens is 294 g/mol. The summed E-state index contributed by atoms with van der Waals surface area (Å²) in [5.41, 5.74) is 0. The largest absolute Gasteiger partial charge is 0.379 e. The highest BCUT2D eigenvalue weighted by molar-refractivity contribution is 5.79. The summed E-state index contributed by atoms with van der Waals surface area (Å²) >= 11 is 0. The van der Waals surface area contributed by atoms with Crippen molar-refractivity contribution in [3.8, 4) is 0 Å². The first-order valence-electron chi connectivity index (χ1n) is 9.14. The Balaban J connectivity index is 1.40. The second-order valence-corrected chi connectivity index (χ2v) is 6.27. The Morgan fingerprint density at radius 3 is 2.22 bits per heavy atom. The van der Waals surface area contributed by atoms with Crippen LogP contribution in [0.15, 0.2) is 4.99 Å². The van der Waals surface area contributed by atoms with Gasteiger partial charge in [-0.3, -0.25) is 4.99 Å². The summed E-state index contributed by atoms with van der Waals surface area (Å²) < 4.78 is 16.9. The highest BCUT2D eigenvalue weighted by Crippen LogP contribution is 2.20. The standard InChI is InChI=1S/C17H33N3O3/c1-18-17(19-9-4-11-22-15-6-2-3-7-15)20-10-5-12-23-16-8-13-21-14-16/h15-16H,2-14H2,1H3,(H2,18,19,20). The summed E-state index contributed by atoms with van der Waals surface area (Å²) in [4.78, 5) is 4.23. The minimum absolute atomic E-state index is 0.298. The molecular formula is C17H33N3O3. The van der Waals surface area contributed by atoms with Crippen LogP contribution in [0.4, 0.5) is 0 Å². The lowest BCUT2D eigenvalue weighted by Crippen LogP contribution is -2.38. The lowest BCUT2D eigenvalue weighted by atomic mass is 10.3. The Morgan fingerprint density at radius 1 is 1.00 bits per heavy atom. The lowest BCUT2D eigenvalue weighted by Gasteiger charge is -2.14. The number of aliphatic imine (C=N–C) groups is 1. The van der Waals surface area contributed by atoms with Gasteiger partial charge in [0.1, 0.15) is 0 Å². The van der Waals surface area contributed by atoms with Crippen molar-refractivity contribution in [2.75, 3.05) is 46.6 Å². The average molecular weight is 327 g/mol. The summed E-state index contributed by atoms with van der Waals surface area (Å²) in [6.07, 6.45) is 8.97. The Morgan fingerprint density at radius 2 is 1.65 bits per heavy atom. The van der Waals surface area contributed by atoms with Crippen molar-refractivity contribution in [3.63, 3.8) is 0 Å². The minimum atomic E-state index is 0.298. The van der Waals surface area contributed by atoms with Crippen molar-refractivity contribution in [1.82, 2.24) is 10.6 Å². The van der Waals surface area contributed by atoms with Gasteiger partial charge in [0.05, 0.1) is 18.8 Å².